The number of anilines is 1. The van der Waals surface area contributed by atoms with E-state index in [0.717, 1.165) is 0 Å². The molecular weight excluding hydrogens is 296 g/mol. The van der Waals surface area contributed by atoms with Crippen LogP contribution < -0.4 is 10.5 Å². The number of aliphatic hydroxyl groups excluding tert-OH is 1. The molecule has 1 aromatic rings. The highest BCUT2D eigenvalue weighted by molar-refractivity contribution is 9.10. The zero-order chi connectivity index (χ0) is 12.3. The summed E-state index contributed by atoms with van der Waals surface area (Å²) >= 11 is 3.18. The van der Waals surface area contributed by atoms with Crippen molar-refractivity contribution in [3.8, 4) is 0 Å². The van der Waals surface area contributed by atoms with Crippen LogP contribution in [0.2, 0.25) is 0 Å². The molecular formula is C9H13BrN2O3S. The number of hydrogen-bond donors (Lipinski definition) is 3. The Labute approximate surface area is 103 Å². The lowest BCUT2D eigenvalue weighted by Crippen LogP contribution is -2.30. The highest BCUT2D eigenvalue weighted by Gasteiger charge is 2.15. The fourth-order valence-corrected chi connectivity index (χ4v) is 2.41. The van der Waals surface area contributed by atoms with Gasteiger partial charge in [-0.25, -0.2) is 13.1 Å². The van der Waals surface area contributed by atoms with E-state index in [4.69, 9.17) is 10.8 Å². The number of benzene rings is 1. The van der Waals surface area contributed by atoms with Crippen molar-refractivity contribution in [2.45, 2.75) is 17.9 Å². The molecule has 7 heteroatoms. The van der Waals surface area contributed by atoms with Crippen molar-refractivity contribution in [3.05, 3.63) is 22.7 Å². The standard InChI is InChI=1S/C9H13BrN2O3S/c1-6(13)5-12-16(14,15)7-2-3-8(10)9(11)4-7/h2-4,6,12-13H,5,11H2,1H3. The monoisotopic (exact) mass is 308 g/mol. The molecule has 0 heterocycles. The summed E-state index contributed by atoms with van der Waals surface area (Å²) in [6, 6.07) is 4.35. The number of nitrogen functional groups attached to an aromatic ring is 1. The molecule has 0 saturated heterocycles. The van der Waals surface area contributed by atoms with Crippen molar-refractivity contribution in [1.29, 1.82) is 0 Å². The van der Waals surface area contributed by atoms with Gasteiger partial charge < -0.3 is 10.8 Å². The number of nitrogens with one attached hydrogen (secondary N) is 1. The first-order valence-electron chi connectivity index (χ1n) is 4.55. The smallest absolute Gasteiger partial charge is 0.240 e. The van der Waals surface area contributed by atoms with Crippen LogP contribution in [0.5, 0.6) is 0 Å². The van der Waals surface area contributed by atoms with Crippen LogP contribution in [-0.4, -0.2) is 26.2 Å². The molecule has 1 unspecified atom stereocenters. The van der Waals surface area contributed by atoms with Crippen LogP contribution in [0.1, 0.15) is 6.92 Å². The fraction of sp³-hybridized carbons (Fsp3) is 0.333. The average molecular weight is 309 g/mol. The molecule has 0 aliphatic rings. The maximum absolute atomic E-state index is 11.7. The molecule has 0 bridgehead atoms. The Balaban J connectivity index is 2.94. The maximum Gasteiger partial charge on any atom is 0.240 e. The molecule has 1 rings (SSSR count). The van der Waals surface area contributed by atoms with E-state index >= 15 is 0 Å². The van der Waals surface area contributed by atoms with Gasteiger partial charge in [-0.3, -0.25) is 0 Å². The van der Waals surface area contributed by atoms with Gasteiger partial charge in [0.1, 0.15) is 0 Å². The lowest BCUT2D eigenvalue weighted by molar-refractivity contribution is 0.198. The van der Waals surface area contributed by atoms with E-state index in [-0.39, 0.29) is 11.4 Å². The number of sulfonamides is 1. The Morgan fingerprint density at radius 3 is 2.69 bits per heavy atom. The van der Waals surface area contributed by atoms with E-state index in [9.17, 15) is 8.42 Å². The largest absolute Gasteiger partial charge is 0.398 e. The Kier molecular flexibility index (Phi) is 4.31. The Morgan fingerprint density at radius 2 is 2.19 bits per heavy atom. The Morgan fingerprint density at radius 1 is 1.56 bits per heavy atom. The quantitative estimate of drug-likeness (QED) is 0.714. The lowest BCUT2D eigenvalue weighted by Gasteiger charge is -2.09. The molecule has 0 amide bonds. The van der Waals surface area contributed by atoms with Crippen LogP contribution in [0.3, 0.4) is 0 Å². The molecule has 16 heavy (non-hydrogen) atoms. The van der Waals surface area contributed by atoms with Crippen molar-refractivity contribution in [2.75, 3.05) is 12.3 Å². The maximum atomic E-state index is 11.7. The first-order chi connectivity index (χ1) is 7.33. The second-order valence-corrected chi connectivity index (χ2v) is 6.01. The third-order valence-corrected chi connectivity index (χ3v) is 3.99. The molecule has 5 nitrogen and oxygen atoms in total. The molecule has 0 aliphatic carbocycles. The van der Waals surface area contributed by atoms with Crippen LogP contribution in [0, 0.1) is 0 Å². The molecule has 0 radical (unpaired) electrons. The van der Waals surface area contributed by atoms with Gasteiger partial charge in [0.2, 0.25) is 10.0 Å². The second kappa shape index (κ2) is 5.13. The van der Waals surface area contributed by atoms with Crippen LogP contribution in [0.4, 0.5) is 5.69 Å². The van der Waals surface area contributed by atoms with Crippen molar-refractivity contribution in [3.63, 3.8) is 0 Å². The molecule has 0 aliphatic heterocycles. The topological polar surface area (TPSA) is 92.4 Å². The van der Waals surface area contributed by atoms with E-state index in [1.54, 1.807) is 6.07 Å². The summed E-state index contributed by atoms with van der Waals surface area (Å²) in [5.74, 6) is 0. The summed E-state index contributed by atoms with van der Waals surface area (Å²) < 4.78 is 26.3. The molecule has 90 valence electrons. The average Bonchev–Trinajstić information content (AvgIpc) is 2.19. The minimum atomic E-state index is -3.61. The number of aliphatic hydroxyl groups is 1. The summed E-state index contributed by atoms with van der Waals surface area (Å²) in [7, 11) is -3.61. The minimum Gasteiger partial charge on any atom is -0.398 e. The van der Waals surface area contributed by atoms with Gasteiger partial charge >= 0.3 is 0 Å². The van der Waals surface area contributed by atoms with Crippen LogP contribution in [-0.2, 0) is 10.0 Å². The summed E-state index contributed by atoms with van der Waals surface area (Å²) in [5, 5.41) is 9.00. The predicted octanol–water partition coefficient (Wildman–Crippen LogP) is 0.690. The van der Waals surface area contributed by atoms with Gasteiger partial charge in [-0.1, -0.05) is 0 Å². The fourth-order valence-electron chi connectivity index (χ4n) is 1.00. The number of hydrogen-bond acceptors (Lipinski definition) is 4. The third kappa shape index (κ3) is 3.44. The number of rotatable bonds is 4. The first-order valence-corrected chi connectivity index (χ1v) is 6.83. The predicted molar refractivity (Wildman–Crippen MR) is 65.4 cm³/mol. The minimum absolute atomic E-state index is 0.0295. The van der Waals surface area contributed by atoms with Gasteiger partial charge in [0.25, 0.3) is 0 Å². The lowest BCUT2D eigenvalue weighted by atomic mass is 10.3. The van der Waals surface area contributed by atoms with E-state index in [1.165, 1.54) is 19.1 Å². The van der Waals surface area contributed by atoms with Gasteiger partial charge in [0.05, 0.1) is 11.0 Å². The van der Waals surface area contributed by atoms with Crippen LogP contribution in [0.25, 0.3) is 0 Å². The molecule has 1 atom stereocenters. The van der Waals surface area contributed by atoms with Crippen molar-refractivity contribution >= 4 is 31.6 Å². The number of nitrogens with two attached hydrogens (primary N) is 1. The van der Waals surface area contributed by atoms with Crippen molar-refractivity contribution in [2.24, 2.45) is 0 Å². The molecule has 1 aromatic carbocycles. The van der Waals surface area contributed by atoms with E-state index in [0.29, 0.717) is 10.2 Å². The molecule has 0 spiro atoms. The van der Waals surface area contributed by atoms with Gasteiger partial charge in [-0.2, -0.15) is 0 Å². The zero-order valence-corrected chi connectivity index (χ0v) is 11.0. The second-order valence-electron chi connectivity index (χ2n) is 3.38. The van der Waals surface area contributed by atoms with E-state index < -0.39 is 16.1 Å². The summed E-state index contributed by atoms with van der Waals surface area (Å²) in [4.78, 5) is 0.0776. The van der Waals surface area contributed by atoms with Gasteiger partial charge in [0, 0.05) is 16.7 Å². The highest BCUT2D eigenvalue weighted by atomic mass is 79.9. The number of halogens is 1. The first kappa shape index (κ1) is 13.4. The molecule has 0 aromatic heterocycles. The third-order valence-electron chi connectivity index (χ3n) is 1.85. The van der Waals surface area contributed by atoms with Gasteiger partial charge in [-0.05, 0) is 41.1 Å². The Bertz CT molecular complexity index is 474. The van der Waals surface area contributed by atoms with E-state index in [2.05, 4.69) is 20.7 Å². The highest BCUT2D eigenvalue weighted by Crippen LogP contribution is 2.22. The molecule has 4 N–H and O–H groups in total. The van der Waals surface area contributed by atoms with E-state index in [1.807, 2.05) is 0 Å². The SMILES string of the molecule is CC(O)CNS(=O)(=O)c1ccc(Br)c(N)c1. The van der Waals surface area contributed by atoms with Gasteiger partial charge in [0.15, 0.2) is 0 Å². The normalized spacial score (nSPS) is 13.7. The van der Waals surface area contributed by atoms with Crippen molar-refractivity contribution in [1.82, 2.24) is 4.72 Å². The molecule has 0 fully saturated rings. The zero-order valence-electron chi connectivity index (χ0n) is 8.64. The van der Waals surface area contributed by atoms with Crippen LogP contribution in [0.15, 0.2) is 27.6 Å². The van der Waals surface area contributed by atoms with Crippen molar-refractivity contribution < 1.29 is 13.5 Å². The summed E-state index contributed by atoms with van der Waals surface area (Å²) in [6.45, 7) is 1.47. The summed E-state index contributed by atoms with van der Waals surface area (Å²) in [5.41, 5.74) is 5.93. The summed E-state index contributed by atoms with van der Waals surface area (Å²) in [6.07, 6.45) is -0.734. The Hall–Kier alpha value is -0.630. The van der Waals surface area contributed by atoms with Crippen LogP contribution >= 0.6 is 15.9 Å². The molecule has 0 saturated carbocycles. The van der Waals surface area contributed by atoms with Gasteiger partial charge in [-0.15, -0.1) is 0 Å².